The first-order valence-corrected chi connectivity index (χ1v) is 18.8. The van der Waals surface area contributed by atoms with Crippen LogP contribution in [0.2, 0.25) is 0 Å². The van der Waals surface area contributed by atoms with Crippen LogP contribution in [-0.2, 0) is 44.9 Å². The van der Waals surface area contributed by atoms with Crippen LogP contribution in [0, 0.1) is 0 Å². The first-order chi connectivity index (χ1) is 29.5. The van der Waals surface area contributed by atoms with E-state index in [0.717, 1.165) is 22.3 Å². The van der Waals surface area contributed by atoms with Crippen molar-refractivity contribution >= 4 is 69.7 Å². The number of nitrogens with two attached hydrogens (primary N) is 2. The van der Waals surface area contributed by atoms with Gasteiger partial charge in [-0.2, -0.15) is 9.97 Å². The van der Waals surface area contributed by atoms with E-state index in [1.807, 2.05) is 0 Å². The Hall–Kier alpha value is -4.50. The molecule has 0 bridgehead atoms. The summed E-state index contributed by atoms with van der Waals surface area (Å²) >= 11 is 0. The van der Waals surface area contributed by atoms with Gasteiger partial charge >= 0.3 is 118 Å². The average molecular weight is 1030 g/mol. The molecule has 6 rings (SSSR count). The van der Waals surface area contributed by atoms with Gasteiger partial charge in [0.15, 0.2) is 0 Å². The van der Waals surface area contributed by atoms with Crippen molar-refractivity contribution < 1.29 is 195 Å². The monoisotopic (exact) mass is 1030 g/mol. The molecular formula is C40H48N10Na4O17. The van der Waals surface area contributed by atoms with Crippen molar-refractivity contribution in [3.8, 4) is 0 Å². The number of aromatic amines is 4. The van der Waals surface area contributed by atoms with E-state index >= 15 is 0 Å². The van der Waals surface area contributed by atoms with Gasteiger partial charge in [0, 0.05) is 35.5 Å². The molecule has 364 valence electrons. The number of carboxylic acids is 4. The van der Waals surface area contributed by atoms with Gasteiger partial charge in [-0.1, -0.05) is 24.3 Å². The first kappa shape index (κ1) is 75.4. The minimum absolute atomic E-state index is 0. The molecule has 0 aliphatic rings. The standard InChI is InChI=1S/2C20H21N5O6.4Na.5H2O/c2*21-20-24-16-15(18(29)25-20)12(9-22-16)6-3-10-1-4-11(5-2-10)17(28)23-13(19(30)31)7-8-14(26)27;;;;;;;;;/h2*1-2,4-5,9,13H,3,6-8H2,(H,23,28)(H,26,27)(H,30,31)(H4,21,22,24,25,29);;;;;5*1H2/q;;4*+1;;;;;/p-4. The number of rotatable bonds is 18. The number of carbonyl (C=O) groups is 6. The third-order valence-corrected chi connectivity index (χ3v) is 9.54. The van der Waals surface area contributed by atoms with Crippen LogP contribution in [0.3, 0.4) is 0 Å². The predicted molar refractivity (Wildman–Crippen MR) is 229 cm³/mol. The van der Waals surface area contributed by atoms with E-state index in [1.165, 1.54) is 24.3 Å². The molecule has 0 aliphatic carbocycles. The summed E-state index contributed by atoms with van der Waals surface area (Å²) in [5.74, 6) is -7.24. The number of hydrogen-bond acceptors (Lipinski definition) is 16. The van der Waals surface area contributed by atoms with Crippen LogP contribution in [0.15, 0.2) is 70.5 Å². The molecule has 0 fully saturated rings. The molecule has 2 amide bonds. The van der Waals surface area contributed by atoms with Gasteiger partial charge in [-0.3, -0.25) is 29.1 Å². The second kappa shape index (κ2) is 35.6. The third kappa shape index (κ3) is 22.0. The molecule has 27 nitrogen and oxygen atoms in total. The maximum absolute atomic E-state index is 12.2. The zero-order valence-electron chi connectivity index (χ0n) is 39.0. The minimum atomic E-state index is -1.57. The van der Waals surface area contributed by atoms with Gasteiger partial charge in [0.05, 0.1) is 34.8 Å². The van der Waals surface area contributed by atoms with Crippen LogP contribution >= 0.6 is 0 Å². The Morgan fingerprint density at radius 3 is 1.11 bits per heavy atom. The molecular weight excluding hydrogens is 984 g/mol. The Bertz CT molecular complexity index is 2580. The second-order valence-electron chi connectivity index (χ2n) is 13.9. The van der Waals surface area contributed by atoms with Crippen molar-refractivity contribution in [3.63, 3.8) is 0 Å². The van der Waals surface area contributed by atoms with Crippen LogP contribution in [-0.4, -0.2) is 105 Å². The Balaban J connectivity index is -0.000000363. The van der Waals surface area contributed by atoms with Crippen LogP contribution in [0.5, 0.6) is 0 Å². The number of fused-ring (bicyclic) bond motifs is 2. The summed E-state index contributed by atoms with van der Waals surface area (Å²) in [6.07, 6.45) is 3.91. The molecule has 4 heterocycles. The van der Waals surface area contributed by atoms with E-state index in [2.05, 4.69) is 40.5 Å². The molecule has 71 heavy (non-hydrogen) atoms. The number of aliphatic carboxylic acids is 4. The van der Waals surface area contributed by atoms with Crippen molar-refractivity contribution in [1.29, 1.82) is 0 Å². The number of carboxylic acid groups (broad SMARTS) is 4. The number of carbonyl (C=O) groups excluding carboxylic acids is 6. The largest absolute Gasteiger partial charge is 1.00 e. The molecule has 0 aliphatic heterocycles. The normalized spacial score (nSPS) is 10.4. The summed E-state index contributed by atoms with van der Waals surface area (Å²) in [5, 5.41) is 48.5. The summed E-state index contributed by atoms with van der Waals surface area (Å²) in [6.45, 7) is 0. The van der Waals surface area contributed by atoms with Gasteiger partial charge in [-0.05, 0) is 97.9 Å². The Morgan fingerprint density at radius 2 is 0.831 bits per heavy atom. The number of benzene rings is 2. The summed E-state index contributed by atoms with van der Waals surface area (Å²) in [6, 6.07) is 10.1. The zero-order valence-corrected chi connectivity index (χ0v) is 47.0. The van der Waals surface area contributed by atoms with Gasteiger partial charge in [0.25, 0.3) is 22.9 Å². The number of H-pyrrole nitrogens is 4. The average Bonchev–Trinajstić information content (AvgIpc) is 3.83. The molecule has 0 radical (unpaired) electrons. The topological polar surface area (TPSA) is 551 Å². The van der Waals surface area contributed by atoms with Crippen LogP contribution in [0.4, 0.5) is 11.9 Å². The van der Waals surface area contributed by atoms with Crippen molar-refractivity contribution in [3.05, 3.63) is 115 Å². The Morgan fingerprint density at radius 1 is 0.521 bits per heavy atom. The van der Waals surface area contributed by atoms with Gasteiger partial charge < -0.3 is 99.1 Å². The number of nitrogens with zero attached hydrogens (tertiary/aromatic N) is 2. The predicted octanol–water partition coefficient (Wildman–Crippen LogP) is -20.1. The maximum Gasteiger partial charge on any atom is 1.00 e. The number of hydrogen-bond donors (Lipinski definition) is 8. The third-order valence-electron chi connectivity index (χ3n) is 9.54. The number of aryl methyl sites for hydroxylation is 4. The summed E-state index contributed by atoms with van der Waals surface area (Å²) in [7, 11) is 0. The van der Waals surface area contributed by atoms with Crippen molar-refractivity contribution in [2.75, 3.05) is 11.5 Å². The number of nitrogens with one attached hydrogen (secondary N) is 6. The fourth-order valence-electron chi connectivity index (χ4n) is 6.34. The van der Waals surface area contributed by atoms with Gasteiger partial charge in [-0.25, -0.2) is 0 Å². The van der Waals surface area contributed by atoms with Crippen LogP contribution in [0.1, 0.15) is 68.7 Å². The molecule has 31 heteroatoms. The smallest absolute Gasteiger partial charge is 0.550 e. The summed E-state index contributed by atoms with van der Waals surface area (Å²) < 4.78 is 0. The molecule has 20 N–H and O–H groups in total. The molecule has 2 unspecified atom stereocenters. The molecule has 0 spiro atoms. The quantitative estimate of drug-likeness (QED) is 0.0371. The van der Waals surface area contributed by atoms with Crippen molar-refractivity contribution in [1.82, 2.24) is 40.5 Å². The number of anilines is 2. The van der Waals surface area contributed by atoms with E-state index in [9.17, 15) is 58.8 Å². The molecule has 2 atom stereocenters. The van der Waals surface area contributed by atoms with E-state index in [0.29, 0.717) is 47.8 Å². The fourth-order valence-corrected chi connectivity index (χ4v) is 6.34. The maximum atomic E-state index is 12.2. The van der Waals surface area contributed by atoms with Gasteiger partial charge in [0.1, 0.15) is 11.3 Å². The van der Waals surface area contributed by atoms with Crippen molar-refractivity contribution in [2.24, 2.45) is 0 Å². The van der Waals surface area contributed by atoms with E-state index in [4.69, 9.17) is 11.5 Å². The molecule has 0 saturated heterocycles. The molecule has 2 aromatic carbocycles. The number of aromatic nitrogens is 6. The Kier molecular flexibility index (Phi) is 37.8. The SMILES string of the molecule is Nc1nc2[nH]cc(CCc3ccc(C(=O)NC(CCC(=O)[O-])C(=O)[O-])cc3)c2c(=O)[nH]1.Nc1nc2[nH]cc(CCc3ccc(C(=O)NC(CCC(=O)[O-])C(=O)[O-])cc3)c2c(=O)[nH]1.O.O.O.O.O.[Na+].[Na+].[Na+].[Na+]. The molecule has 0 saturated carbocycles. The van der Waals surface area contributed by atoms with E-state index in [-0.39, 0.29) is 193 Å². The Labute approximate surface area is 489 Å². The van der Waals surface area contributed by atoms with Crippen LogP contribution < -0.4 is 172 Å². The zero-order chi connectivity index (χ0) is 45.1. The van der Waals surface area contributed by atoms with E-state index < -0.39 is 60.6 Å². The van der Waals surface area contributed by atoms with Crippen LogP contribution in [0.25, 0.3) is 22.1 Å². The molecule has 4 aromatic heterocycles. The van der Waals surface area contributed by atoms with E-state index in [1.54, 1.807) is 36.7 Å². The fraction of sp³-hybridized carbons (Fsp3) is 0.250. The number of nitrogen functional groups attached to an aromatic ring is 2. The summed E-state index contributed by atoms with van der Waals surface area (Å²) in [4.78, 5) is 111. The first-order valence-electron chi connectivity index (χ1n) is 18.8. The second-order valence-corrected chi connectivity index (χ2v) is 13.9. The summed E-state index contributed by atoms with van der Waals surface area (Å²) in [5.41, 5.74) is 15.0. The minimum Gasteiger partial charge on any atom is -0.550 e. The van der Waals surface area contributed by atoms with Gasteiger partial charge in [-0.15, -0.1) is 0 Å². The van der Waals surface area contributed by atoms with Crippen molar-refractivity contribution in [2.45, 2.75) is 63.5 Å². The molecule has 6 aromatic rings. The number of amides is 2. The van der Waals surface area contributed by atoms with Gasteiger partial charge in [0.2, 0.25) is 11.9 Å².